The average Bonchev–Trinajstić information content (AvgIpc) is 3.00. The molecule has 5 aliphatic rings. The van der Waals surface area contributed by atoms with Crippen LogP contribution in [0.3, 0.4) is 0 Å². The minimum absolute atomic E-state index is 0.0201. The van der Waals surface area contributed by atoms with Gasteiger partial charge in [-0.2, -0.15) is 0 Å². The van der Waals surface area contributed by atoms with E-state index in [1.807, 2.05) is 12.1 Å². The molecule has 1 N–H and O–H groups in total. The molecule has 4 fully saturated rings. The highest BCUT2D eigenvalue weighted by molar-refractivity contribution is 5.91. The molecular formula is C41H58O5. The van der Waals surface area contributed by atoms with E-state index in [0.29, 0.717) is 35.2 Å². The standard InChI is InChI=1S/C41H58O5/c1-25-16-21-41(36(44)46-30-14-12-28(11-10-26(2)42)24-31(30)45-9)23-22-39(7)29(35(41)27(25)3)13-15-33-38(6)19-18-34(43)37(4,5)32(38)17-20-40(33,39)8/h10-14,24-25,27,32-35,43H,15-23H2,1-9H3/b11-10+/t25-,27+,32+,33-,34+,35+,38+,39-,40-,41+/m1/s1. The van der Waals surface area contributed by atoms with Crippen LogP contribution < -0.4 is 9.47 Å². The Hall–Kier alpha value is -2.40. The lowest BCUT2D eigenvalue weighted by Gasteiger charge is -2.71. The number of rotatable bonds is 5. The summed E-state index contributed by atoms with van der Waals surface area (Å²) in [5.41, 5.74) is 2.09. The average molecular weight is 631 g/mol. The fourth-order valence-electron chi connectivity index (χ4n) is 12.1. The summed E-state index contributed by atoms with van der Waals surface area (Å²) in [4.78, 5) is 26.1. The summed E-state index contributed by atoms with van der Waals surface area (Å²) in [7, 11) is 1.59. The molecule has 0 unspecified atom stereocenters. The molecule has 5 nitrogen and oxygen atoms in total. The van der Waals surface area contributed by atoms with Crippen LogP contribution in [0.1, 0.15) is 119 Å². The van der Waals surface area contributed by atoms with Gasteiger partial charge in [-0.3, -0.25) is 9.59 Å². The second-order valence-corrected chi connectivity index (χ2v) is 17.4. The summed E-state index contributed by atoms with van der Waals surface area (Å²) in [6.07, 6.45) is 14.8. The highest BCUT2D eigenvalue weighted by Gasteiger charge is 2.69. The summed E-state index contributed by atoms with van der Waals surface area (Å²) >= 11 is 0. The molecule has 6 rings (SSSR count). The minimum atomic E-state index is -0.559. The van der Waals surface area contributed by atoms with E-state index in [4.69, 9.17) is 9.47 Å². The maximum Gasteiger partial charge on any atom is 0.318 e. The van der Waals surface area contributed by atoms with E-state index in [9.17, 15) is 14.7 Å². The van der Waals surface area contributed by atoms with Gasteiger partial charge in [0.1, 0.15) is 0 Å². The predicted molar refractivity (Wildman–Crippen MR) is 183 cm³/mol. The molecular weight excluding hydrogens is 572 g/mol. The van der Waals surface area contributed by atoms with Crippen molar-refractivity contribution in [3.05, 3.63) is 41.5 Å². The number of aliphatic hydroxyl groups excluding tert-OH is 1. The molecule has 0 bridgehead atoms. The number of ether oxygens (including phenoxy) is 2. The Kier molecular flexibility index (Phi) is 8.26. The van der Waals surface area contributed by atoms with Crippen molar-refractivity contribution >= 4 is 17.8 Å². The number of aliphatic hydroxyl groups is 1. The van der Waals surface area contributed by atoms with Crippen molar-refractivity contribution in [2.24, 2.45) is 56.7 Å². The Labute approximate surface area is 277 Å². The van der Waals surface area contributed by atoms with Crippen LogP contribution in [0.15, 0.2) is 35.9 Å². The Morgan fingerprint density at radius 1 is 0.913 bits per heavy atom. The number of carbonyl (C=O) groups is 2. The zero-order valence-corrected chi connectivity index (χ0v) is 29.9. The van der Waals surface area contributed by atoms with Crippen molar-refractivity contribution in [1.82, 2.24) is 0 Å². The quantitative estimate of drug-likeness (QED) is 0.152. The third-order valence-corrected chi connectivity index (χ3v) is 15.3. The largest absolute Gasteiger partial charge is 0.493 e. The van der Waals surface area contributed by atoms with E-state index >= 15 is 0 Å². The maximum absolute atomic E-state index is 14.6. The van der Waals surface area contributed by atoms with Gasteiger partial charge in [0.05, 0.1) is 18.6 Å². The Bertz CT molecular complexity index is 1450. The van der Waals surface area contributed by atoms with Crippen molar-refractivity contribution < 1.29 is 24.2 Å². The van der Waals surface area contributed by atoms with Gasteiger partial charge in [0.2, 0.25) is 0 Å². The van der Waals surface area contributed by atoms with Crippen LogP contribution >= 0.6 is 0 Å². The number of carbonyl (C=O) groups excluding carboxylic acids is 2. The number of fused-ring (bicyclic) bond motifs is 7. The topological polar surface area (TPSA) is 72.8 Å². The van der Waals surface area contributed by atoms with Gasteiger partial charge in [0, 0.05) is 0 Å². The van der Waals surface area contributed by atoms with E-state index in [0.717, 1.165) is 56.9 Å². The first-order valence-electron chi connectivity index (χ1n) is 18.0. The molecule has 1 aromatic rings. The number of benzene rings is 1. The van der Waals surface area contributed by atoms with Gasteiger partial charge in [-0.15, -0.1) is 0 Å². The molecule has 0 aliphatic heterocycles. The number of hydrogen-bond donors (Lipinski definition) is 1. The lowest BCUT2D eigenvalue weighted by atomic mass is 9.33. The van der Waals surface area contributed by atoms with Gasteiger partial charge >= 0.3 is 5.97 Å². The molecule has 5 heteroatoms. The number of methoxy groups -OCH3 is 1. The molecule has 0 amide bonds. The molecule has 1 aromatic carbocycles. The van der Waals surface area contributed by atoms with Crippen LogP contribution in [0.2, 0.25) is 0 Å². The number of hydrogen-bond acceptors (Lipinski definition) is 5. The third kappa shape index (κ3) is 4.71. The molecule has 0 radical (unpaired) electrons. The second kappa shape index (κ2) is 11.3. The Morgan fingerprint density at radius 3 is 2.35 bits per heavy atom. The lowest BCUT2D eigenvalue weighted by molar-refractivity contribution is -0.206. The highest BCUT2D eigenvalue weighted by atomic mass is 16.6. The number of esters is 1. The monoisotopic (exact) mass is 630 g/mol. The highest BCUT2D eigenvalue weighted by Crippen LogP contribution is 2.75. The zero-order chi connectivity index (χ0) is 33.4. The van der Waals surface area contributed by atoms with Crippen molar-refractivity contribution in [3.8, 4) is 11.5 Å². The predicted octanol–water partition coefficient (Wildman–Crippen LogP) is 9.22. The minimum Gasteiger partial charge on any atom is -0.493 e. The third-order valence-electron chi connectivity index (χ3n) is 15.3. The van der Waals surface area contributed by atoms with E-state index in [1.165, 1.54) is 25.0 Å². The van der Waals surface area contributed by atoms with Gasteiger partial charge in [0.25, 0.3) is 0 Å². The van der Waals surface area contributed by atoms with Gasteiger partial charge in [-0.1, -0.05) is 72.3 Å². The summed E-state index contributed by atoms with van der Waals surface area (Å²) in [5.74, 6) is 2.96. The van der Waals surface area contributed by atoms with Crippen molar-refractivity contribution in [1.29, 1.82) is 0 Å². The molecule has 0 aromatic heterocycles. The zero-order valence-electron chi connectivity index (χ0n) is 29.9. The summed E-state index contributed by atoms with van der Waals surface area (Å²) in [5, 5.41) is 11.1. The van der Waals surface area contributed by atoms with Crippen LogP contribution in [0.4, 0.5) is 0 Å². The van der Waals surface area contributed by atoms with Crippen LogP contribution in [0.5, 0.6) is 11.5 Å². The van der Waals surface area contributed by atoms with Gasteiger partial charge in [0.15, 0.2) is 17.3 Å². The van der Waals surface area contributed by atoms with Crippen molar-refractivity contribution in [3.63, 3.8) is 0 Å². The lowest BCUT2D eigenvalue weighted by Crippen LogP contribution is -2.65. The second-order valence-electron chi connectivity index (χ2n) is 17.4. The van der Waals surface area contributed by atoms with E-state index in [2.05, 4.69) is 54.5 Å². The van der Waals surface area contributed by atoms with E-state index < -0.39 is 5.41 Å². The van der Waals surface area contributed by atoms with Gasteiger partial charge in [-0.25, -0.2) is 0 Å². The Morgan fingerprint density at radius 2 is 1.65 bits per heavy atom. The molecule has 5 aliphatic carbocycles. The first kappa shape index (κ1) is 33.5. The summed E-state index contributed by atoms with van der Waals surface area (Å²) < 4.78 is 12.0. The molecule has 252 valence electrons. The van der Waals surface area contributed by atoms with Crippen LogP contribution in [-0.4, -0.2) is 30.1 Å². The SMILES string of the molecule is COc1cc(/C=C/C(C)=O)ccc1OC(=O)[C@]12CC[C@@H](C)[C@H](C)[C@H]1C1=CC[C@@H]3[C@@]4(C)CC[C@H](O)C(C)(C)[C@@H]4CC[C@@]3(C)[C@]1(C)CC2. The van der Waals surface area contributed by atoms with E-state index in [1.54, 1.807) is 19.3 Å². The van der Waals surface area contributed by atoms with Crippen LogP contribution in [-0.2, 0) is 9.59 Å². The van der Waals surface area contributed by atoms with Gasteiger partial charge in [-0.05, 0) is 140 Å². The van der Waals surface area contributed by atoms with Crippen LogP contribution in [0.25, 0.3) is 6.08 Å². The smallest absolute Gasteiger partial charge is 0.318 e. The Balaban J connectivity index is 1.37. The summed E-state index contributed by atoms with van der Waals surface area (Å²) in [6, 6.07) is 5.50. The van der Waals surface area contributed by atoms with Crippen molar-refractivity contribution in [2.45, 2.75) is 119 Å². The van der Waals surface area contributed by atoms with Crippen molar-refractivity contribution in [2.75, 3.05) is 7.11 Å². The molecule has 0 saturated heterocycles. The number of ketones is 1. The first-order valence-corrected chi connectivity index (χ1v) is 18.0. The maximum atomic E-state index is 14.6. The normalized spacial score (nSPS) is 43.0. The first-order chi connectivity index (χ1) is 21.5. The molecule has 4 saturated carbocycles. The number of allylic oxidation sites excluding steroid dienone is 3. The molecule has 10 atom stereocenters. The molecule has 0 spiro atoms. The van der Waals surface area contributed by atoms with Crippen LogP contribution in [0, 0.1) is 56.7 Å². The fourth-order valence-corrected chi connectivity index (χ4v) is 12.1. The van der Waals surface area contributed by atoms with Gasteiger partial charge < -0.3 is 14.6 Å². The molecule has 0 heterocycles. The fraction of sp³-hybridized carbons (Fsp3) is 0.707. The molecule has 46 heavy (non-hydrogen) atoms. The van der Waals surface area contributed by atoms with E-state index in [-0.39, 0.29) is 45.4 Å². The summed E-state index contributed by atoms with van der Waals surface area (Å²) in [6.45, 7) is 18.6.